The van der Waals surface area contributed by atoms with Crippen LogP contribution in [-0.4, -0.2) is 17.8 Å². The van der Waals surface area contributed by atoms with Crippen LogP contribution < -0.4 is 15.0 Å². The van der Waals surface area contributed by atoms with Crippen molar-refractivity contribution in [3.63, 3.8) is 0 Å². The molecule has 4 amide bonds. The number of imide groups is 2. The number of benzene rings is 3. The summed E-state index contributed by atoms with van der Waals surface area (Å²) < 4.78 is 6.65. The predicted molar refractivity (Wildman–Crippen MR) is 130 cm³/mol. The highest BCUT2D eigenvalue weighted by Gasteiger charge is 2.37. The minimum absolute atomic E-state index is 0.120. The van der Waals surface area contributed by atoms with Crippen molar-refractivity contribution in [2.45, 2.75) is 20.5 Å². The molecule has 6 nitrogen and oxygen atoms in total. The van der Waals surface area contributed by atoms with Crippen molar-refractivity contribution < 1.29 is 19.1 Å². The van der Waals surface area contributed by atoms with Gasteiger partial charge in [0.05, 0.1) is 5.69 Å². The average Bonchev–Trinajstić information content (AvgIpc) is 2.77. The Morgan fingerprint density at radius 1 is 0.970 bits per heavy atom. The maximum absolute atomic E-state index is 13.1. The number of carbonyl (C=O) groups excluding carboxylic acids is 3. The van der Waals surface area contributed by atoms with Crippen molar-refractivity contribution in [1.29, 1.82) is 0 Å². The van der Waals surface area contributed by atoms with E-state index in [0.29, 0.717) is 23.6 Å². The molecule has 0 bridgehead atoms. The Balaban J connectivity index is 1.54. The Morgan fingerprint density at radius 3 is 2.42 bits per heavy atom. The molecule has 0 aliphatic carbocycles. The first-order chi connectivity index (χ1) is 15.8. The summed E-state index contributed by atoms with van der Waals surface area (Å²) in [6.45, 7) is 4.25. The second-order valence-electron chi connectivity index (χ2n) is 7.74. The number of ether oxygens (including phenoxy) is 1. The molecule has 1 N–H and O–H groups in total. The lowest BCUT2D eigenvalue weighted by Crippen LogP contribution is -2.54. The molecule has 4 rings (SSSR count). The number of hydrogen-bond acceptors (Lipinski definition) is 4. The van der Waals surface area contributed by atoms with Crippen molar-refractivity contribution >= 4 is 45.5 Å². The van der Waals surface area contributed by atoms with Crippen molar-refractivity contribution in [3.05, 3.63) is 99.0 Å². The van der Waals surface area contributed by atoms with Gasteiger partial charge in [-0.1, -0.05) is 57.9 Å². The third kappa shape index (κ3) is 5.04. The van der Waals surface area contributed by atoms with E-state index in [9.17, 15) is 14.4 Å². The number of anilines is 1. The first kappa shape index (κ1) is 22.5. The Kier molecular flexibility index (Phi) is 6.42. The van der Waals surface area contributed by atoms with Crippen molar-refractivity contribution in [1.82, 2.24) is 5.32 Å². The van der Waals surface area contributed by atoms with Crippen LogP contribution in [-0.2, 0) is 16.2 Å². The largest absolute Gasteiger partial charge is 0.489 e. The zero-order chi connectivity index (χ0) is 23.5. The molecular formula is C26H21BrN2O4. The highest BCUT2D eigenvalue weighted by atomic mass is 79.9. The van der Waals surface area contributed by atoms with E-state index in [0.717, 1.165) is 20.5 Å². The van der Waals surface area contributed by atoms with Crippen LogP contribution in [0.1, 0.15) is 22.3 Å². The summed E-state index contributed by atoms with van der Waals surface area (Å²) >= 11 is 3.37. The van der Waals surface area contributed by atoms with Gasteiger partial charge in [-0.05, 0) is 66.9 Å². The monoisotopic (exact) mass is 504 g/mol. The summed E-state index contributed by atoms with van der Waals surface area (Å²) in [4.78, 5) is 38.9. The molecule has 0 saturated carbocycles. The van der Waals surface area contributed by atoms with Gasteiger partial charge in [0.25, 0.3) is 11.8 Å². The van der Waals surface area contributed by atoms with Gasteiger partial charge in [-0.2, -0.15) is 0 Å². The van der Waals surface area contributed by atoms with Gasteiger partial charge < -0.3 is 4.74 Å². The average molecular weight is 505 g/mol. The van der Waals surface area contributed by atoms with Gasteiger partial charge in [-0.3, -0.25) is 14.9 Å². The van der Waals surface area contributed by atoms with E-state index in [1.165, 1.54) is 11.6 Å². The molecule has 1 aliphatic rings. The molecule has 0 radical (unpaired) electrons. The summed E-state index contributed by atoms with van der Waals surface area (Å²) in [7, 11) is 0. The van der Waals surface area contributed by atoms with Gasteiger partial charge in [-0.15, -0.1) is 0 Å². The number of barbiturate groups is 1. The molecule has 3 aromatic carbocycles. The second-order valence-corrected chi connectivity index (χ2v) is 8.65. The third-order valence-corrected chi connectivity index (χ3v) is 5.67. The molecule has 7 heteroatoms. The molecule has 166 valence electrons. The minimum Gasteiger partial charge on any atom is -0.489 e. The molecule has 1 aliphatic heterocycles. The van der Waals surface area contributed by atoms with Gasteiger partial charge in [0.1, 0.15) is 17.9 Å². The van der Waals surface area contributed by atoms with Crippen LogP contribution in [0.15, 0.2) is 76.8 Å². The Morgan fingerprint density at radius 2 is 1.73 bits per heavy atom. The fourth-order valence-electron chi connectivity index (χ4n) is 3.54. The molecule has 33 heavy (non-hydrogen) atoms. The Hall–Kier alpha value is -3.71. The smallest absolute Gasteiger partial charge is 0.335 e. The van der Waals surface area contributed by atoms with Gasteiger partial charge in [-0.25, -0.2) is 9.69 Å². The van der Waals surface area contributed by atoms with E-state index >= 15 is 0 Å². The third-order valence-electron chi connectivity index (χ3n) is 5.18. The van der Waals surface area contributed by atoms with E-state index in [1.807, 2.05) is 25.1 Å². The number of rotatable bonds is 5. The lowest BCUT2D eigenvalue weighted by Gasteiger charge is -2.27. The van der Waals surface area contributed by atoms with Gasteiger partial charge in [0.15, 0.2) is 0 Å². The fraction of sp³-hybridized carbons (Fsp3) is 0.115. The summed E-state index contributed by atoms with van der Waals surface area (Å²) in [6, 6.07) is 19.5. The fourth-order valence-corrected chi connectivity index (χ4v) is 4.02. The normalized spacial score (nSPS) is 15.1. The Labute approximate surface area is 200 Å². The number of amides is 4. The zero-order valence-corrected chi connectivity index (χ0v) is 19.7. The summed E-state index contributed by atoms with van der Waals surface area (Å²) in [6.07, 6.45) is 1.47. The van der Waals surface area contributed by atoms with E-state index in [2.05, 4.69) is 27.3 Å². The number of hydrogen-bond donors (Lipinski definition) is 1. The number of carbonyl (C=O) groups is 3. The standard InChI is InChI=1S/C26H21BrN2O4/c1-16-4-3-5-19(12-16)15-33-21-9-6-18(7-10-21)14-22-24(30)28-26(32)29(25(22)31)23-11-8-20(27)13-17(23)2/h3-14H,15H2,1-2H3,(H,28,30,32)/b22-14-. The Bertz CT molecular complexity index is 1280. The quantitative estimate of drug-likeness (QED) is 0.377. The molecule has 1 heterocycles. The topological polar surface area (TPSA) is 75.7 Å². The zero-order valence-electron chi connectivity index (χ0n) is 18.1. The first-order valence-corrected chi connectivity index (χ1v) is 11.1. The second kappa shape index (κ2) is 9.42. The number of halogens is 1. The lowest BCUT2D eigenvalue weighted by molar-refractivity contribution is -0.122. The van der Waals surface area contributed by atoms with Gasteiger partial charge >= 0.3 is 6.03 Å². The number of aryl methyl sites for hydroxylation is 2. The number of nitrogens with one attached hydrogen (secondary N) is 1. The predicted octanol–water partition coefficient (Wildman–Crippen LogP) is 5.31. The summed E-state index contributed by atoms with van der Waals surface area (Å²) in [5.74, 6) is -0.731. The van der Waals surface area contributed by atoms with Crippen LogP contribution in [0.25, 0.3) is 6.08 Å². The summed E-state index contributed by atoms with van der Waals surface area (Å²) in [5, 5.41) is 2.25. The van der Waals surface area contributed by atoms with Crippen molar-refractivity contribution in [2.75, 3.05) is 4.90 Å². The summed E-state index contributed by atoms with van der Waals surface area (Å²) in [5.41, 5.74) is 3.89. The van der Waals surface area contributed by atoms with Gasteiger partial charge in [0.2, 0.25) is 0 Å². The maximum Gasteiger partial charge on any atom is 0.335 e. The van der Waals surface area contributed by atoms with E-state index in [-0.39, 0.29) is 5.57 Å². The molecule has 3 aromatic rings. The van der Waals surface area contributed by atoms with E-state index in [4.69, 9.17) is 4.74 Å². The lowest BCUT2D eigenvalue weighted by atomic mass is 10.1. The number of urea groups is 1. The van der Waals surface area contributed by atoms with Crippen LogP contribution in [0, 0.1) is 13.8 Å². The van der Waals surface area contributed by atoms with Crippen LogP contribution in [0.3, 0.4) is 0 Å². The molecule has 0 aromatic heterocycles. The van der Waals surface area contributed by atoms with Crippen LogP contribution in [0.5, 0.6) is 5.75 Å². The van der Waals surface area contributed by atoms with E-state index < -0.39 is 17.8 Å². The minimum atomic E-state index is -0.771. The molecule has 0 unspecified atom stereocenters. The highest BCUT2D eigenvalue weighted by molar-refractivity contribution is 9.10. The molecule has 0 atom stereocenters. The van der Waals surface area contributed by atoms with Crippen LogP contribution in [0.2, 0.25) is 0 Å². The number of nitrogens with zero attached hydrogens (tertiary/aromatic N) is 1. The van der Waals surface area contributed by atoms with Crippen molar-refractivity contribution in [3.8, 4) is 5.75 Å². The van der Waals surface area contributed by atoms with Crippen LogP contribution in [0.4, 0.5) is 10.5 Å². The highest BCUT2D eigenvalue weighted by Crippen LogP contribution is 2.28. The van der Waals surface area contributed by atoms with Crippen molar-refractivity contribution in [2.24, 2.45) is 0 Å². The molecule has 0 spiro atoms. The molecular weight excluding hydrogens is 484 g/mol. The van der Waals surface area contributed by atoms with E-state index in [1.54, 1.807) is 49.4 Å². The molecule has 1 fully saturated rings. The van der Waals surface area contributed by atoms with Gasteiger partial charge in [0, 0.05) is 4.47 Å². The first-order valence-electron chi connectivity index (χ1n) is 10.3. The SMILES string of the molecule is Cc1cccc(COc2ccc(/C=C3/C(=O)NC(=O)N(c4ccc(Br)cc4C)C3=O)cc2)c1. The van der Waals surface area contributed by atoms with Crippen LogP contribution >= 0.6 is 15.9 Å². The molecule has 1 saturated heterocycles. The maximum atomic E-state index is 13.1.